The lowest BCUT2D eigenvalue weighted by Crippen LogP contribution is -2.13. The number of hydrogen-bond donors (Lipinski definition) is 1. The lowest BCUT2D eigenvalue weighted by atomic mass is 10.1. The van der Waals surface area contributed by atoms with Gasteiger partial charge < -0.3 is 5.32 Å². The molecule has 1 amide bonds. The molecule has 0 spiro atoms. The third kappa shape index (κ3) is 4.84. The highest BCUT2D eigenvalue weighted by Crippen LogP contribution is 2.19. The van der Waals surface area contributed by atoms with Crippen molar-refractivity contribution in [2.24, 2.45) is 0 Å². The van der Waals surface area contributed by atoms with Crippen molar-refractivity contribution in [3.63, 3.8) is 0 Å². The van der Waals surface area contributed by atoms with E-state index < -0.39 is 4.92 Å². The molecule has 0 aliphatic heterocycles. The summed E-state index contributed by atoms with van der Waals surface area (Å²) in [4.78, 5) is 22.9. The van der Waals surface area contributed by atoms with Crippen LogP contribution in [-0.4, -0.2) is 30.4 Å². The molecule has 0 atom stereocenters. The molecule has 1 N–H and O–H groups in total. The molecule has 0 aliphatic rings. The molecule has 2 aromatic carbocycles. The number of carbonyl (C=O) groups excluding carboxylic acids is 1. The van der Waals surface area contributed by atoms with Crippen molar-refractivity contribution in [3.8, 4) is 0 Å². The van der Waals surface area contributed by atoms with Crippen LogP contribution in [-0.2, 0) is 13.1 Å². The smallest absolute Gasteiger partial charge is 0.305 e. The number of nitrogens with one attached hydrogen (secondary N) is 1. The second kappa shape index (κ2) is 9.03. The van der Waals surface area contributed by atoms with Crippen molar-refractivity contribution in [1.82, 2.24) is 19.6 Å². The molecular weight excluding hydrogens is 432 g/mol. The van der Waals surface area contributed by atoms with Crippen molar-refractivity contribution in [3.05, 3.63) is 105 Å². The third-order valence-electron chi connectivity index (χ3n) is 4.89. The van der Waals surface area contributed by atoms with Crippen LogP contribution >= 0.6 is 11.6 Å². The van der Waals surface area contributed by atoms with Gasteiger partial charge in [0.15, 0.2) is 5.82 Å². The molecule has 0 radical (unpaired) electrons. The molecule has 0 fully saturated rings. The number of halogens is 1. The van der Waals surface area contributed by atoms with Gasteiger partial charge in [-0.25, -0.2) is 0 Å². The Hall–Kier alpha value is -3.98. The van der Waals surface area contributed by atoms with E-state index in [1.54, 1.807) is 35.0 Å². The van der Waals surface area contributed by atoms with Crippen LogP contribution in [0.5, 0.6) is 0 Å². The first-order valence-electron chi connectivity index (χ1n) is 9.74. The normalized spacial score (nSPS) is 10.8. The van der Waals surface area contributed by atoms with Gasteiger partial charge in [0.2, 0.25) is 0 Å². The Morgan fingerprint density at radius 3 is 2.59 bits per heavy atom. The number of nitrogens with zero attached hydrogens (tertiary/aromatic N) is 5. The van der Waals surface area contributed by atoms with Crippen molar-refractivity contribution in [1.29, 1.82) is 0 Å². The van der Waals surface area contributed by atoms with E-state index in [0.29, 0.717) is 29.5 Å². The van der Waals surface area contributed by atoms with Gasteiger partial charge in [0.25, 0.3) is 5.91 Å². The number of rotatable bonds is 7. The molecular formula is C22H19ClN6O3. The number of nitro groups is 1. The fraction of sp³-hybridized carbons (Fsp3) is 0.136. The van der Waals surface area contributed by atoms with E-state index in [-0.39, 0.29) is 11.6 Å². The summed E-state index contributed by atoms with van der Waals surface area (Å²) in [6.45, 7) is 2.77. The molecule has 0 bridgehead atoms. The molecule has 162 valence electrons. The summed E-state index contributed by atoms with van der Waals surface area (Å²) >= 11 is 6.23. The molecule has 0 saturated carbocycles. The van der Waals surface area contributed by atoms with Gasteiger partial charge in [-0.2, -0.15) is 10.2 Å². The molecule has 32 heavy (non-hydrogen) atoms. The molecule has 9 nitrogen and oxygen atoms in total. The number of benzene rings is 2. The van der Waals surface area contributed by atoms with E-state index in [1.165, 1.54) is 17.1 Å². The molecule has 4 rings (SSSR count). The van der Waals surface area contributed by atoms with E-state index in [2.05, 4.69) is 15.5 Å². The van der Waals surface area contributed by atoms with Crippen LogP contribution in [0.15, 0.2) is 67.0 Å². The molecule has 0 unspecified atom stereocenters. The molecule has 10 heteroatoms. The minimum absolute atomic E-state index is 0.0646. The predicted octanol–water partition coefficient (Wildman–Crippen LogP) is 4.30. The summed E-state index contributed by atoms with van der Waals surface area (Å²) in [7, 11) is 0. The Bertz CT molecular complexity index is 1280. The van der Waals surface area contributed by atoms with Gasteiger partial charge >= 0.3 is 5.69 Å². The minimum atomic E-state index is -0.492. The molecule has 0 saturated heterocycles. The van der Waals surface area contributed by atoms with Crippen molar-refractivity contribution in [2.45, 2.75) is 20.0 Å². The number of anilines is 1. The minimum Gasteiger partial charge on any atom is -0.305 e. The number of hydrogen-bond acceptors (Lipinski definition) is 5. The molecule has 2 heterocycles. The van der Waals surface area contributed by atoms with Gasteiger partial charge in [0, 0.05) is 22.3 Å². The monoisotopic (exact) mass is 450 g/mol. The predicted molar refractivity (Wildman–Crippen MR) is 120 cm³/mol. The third-order valence-corrected chi connectivity index (χ3v) is 5.26. The highest BCUT2D eigenvalue weighted by Gasteiger charge is 2.12. The topological polar surface area (TPSA) is 108 Å². The molecule has 0 aliphatic carbocycles. The van der Waals surface area contributed by atoms with E-state index in [4.69, 9.17) is 11.6 Å². The van der Waals surface area contributed by atoms with Crippen LogP contribution in [0.1, 0.15) is 27.2 Å². The van der Waals surface area contributed by atoms with Crippen LogP contribution in [0, 0.1) is 17.0 Å². The Kier molecular flexibility index (Phi) is 6.00. The van der Waals surface area contributed by atoms with Crippen LogP contribution in [0.4, 0.5) is 11.5 Å². The number of aryl methyl sites for hydroxylation is 1. The standard InChI is InChI=1S/C22H19ClN6O3/c1-15-10-21(26-28(15)13-18-4-2-3-5-20(18)23)25-22(30)17-8-6-16(7-9-17)12-27-14-19(11-24-27)29(31)32/h2-11,14H,12-13H2,1H3,(H,25,26,30). The van der Waals surface area contributed by atoms with Crippen molar-refractivity contribution >= 4 is 29.0 Å². The van der Waals surface area contributed by atoms with Crippen molar-refractivity contribution in [2.75, 3.05) is 5.32 Å². The Labute approximate surface area is 188 Å². The van der Waals surface area contributed by atoms with Gasteiger partial charge in [-0.05, 0) is 36.2 Å². The lowest BCUT2D eigenvalue weighted by Gasteiger charge is -2.06. The Morgan fingerprint density at radius 1 is 1.16 bits per heavy atom. The van der Waals surface area contributed by atoms with Crippen LogP contribution < -0.4 is 5.32 Å². The van der Waals surface area contributed by atoms with Crippen LogP contribution in [0.3, 0.4) is 0 Å². The zero-order valence-electron chi connectivity index (χ0n) is 17.1. The van der Waals surface area contributed by atoms with E-state index >= 15 is 0 Å². The van der Waals surface area contributed by atoms with E-state index in [1.807, 2.05) is 31.2 Å². The van der Waals surface area contributed by atoms with E-state index in [9.17, 15) is 14.9 Å². The summed E-state index contributed by atoms with van der Waals surface area (Å²) < 4.78 is 3.25. The highest BCUT2D eigenvalue weighted by atomic mass is 35.5. The summed E-state index contributed by atoms with van der Waals surface area (Å²) in [5.74, 6) is 0.168. The van der Waals surface area contributed by atoms with Crippen LogP contribution in [0.2, 0.25) is 5.02 Å². The van der Waals surface area contributed by atoms with Gasteiger partial charge in [-0.3, -0.25) is 24.3 Å². The lowest BCUT2D eigenvalue weighted by molar-refractivity contribution is -0.385. The van der Waals surface area contributed by atoms with Gasteiger partial charge in [0.1, 0.15) is 12.4 Å². The molecule has 4 aromatic rings. The van der Waals surface area contributed by atoms with E-state index in [0.717, 1.165) is 16.8 Å². The van der Waals surface area contributed by atoms with Gasteiger partial charge in [0.05, 0.1) is 18.0 Å². The number of amides is 1. The Morgan fingerprint density at radius 2 is 1.91 bits per heavy atom. The first kappa shape index (κ1) is 21.3. The van der Waals surface area contributed by atoms with Gasteiger partial charge in [-0.1, -0.05) is 41.9 Å². The summed E-state index contributed by atoms with van der Waals surface area (Å²) in [6, 6.07) is 16.3. The maximum Gasteiger partial charge on any atom is 0.307 e. The summed E-state index contributed by atoms with van der Waals surface area (Å²) in [6.07, 6.45) is 2.57. The van der Waals surface area contributed by atoms with Crippen LogP contribution in [0.25, 0.3) is 0 Å². The van der Waals surface area contributed by atoms with Gasteiger partial charge in [-0.15, -0.1) is 0 Å². The SMILES string of the molecule is Cc1cc(NC(=O)c2ccc(Cn3cc([N+](=O)[O-])cn3)cc2)nn1Cc1ccccc1Cl. The zero-order chi connectivity index (χ0) is 22.7. The number of carbonyl (C=O) groups is 1. The maximum absolute atomic E-state index is 12.6. The first-order valence-corrected chi connectivity index (χ1v) is 10.1. The largest absolute Gasteiger partial charge is 0.307 e. The highest BCUT2D eigenvalue weighted by molar-refractivity contribution is 6.31. The average molecular weight is 451 g/mol. The Balaban J connectivity index is 1.40. The second-order valence-electron chi connectivity index (χ2n) is 7.22. The second-order valence-corrected chi connectivity index (χ2v) is 7.63. The zero-order valence-corrected chi connectivity index (χ0v) is 17.9. The average Bonchev–Trinajstić information content (AvgIpc) is 3.37. The molecule has 2 aromatic heterocycles. The fourth-order valence-corrected chi connectivity index (χ4v) is 3.39. The summed E-state index contributed by atoms with van der Waals surface area (Å²) in [5.41, 5.74) is 3.10. The first-order chi connectivity index (χ1) is 15.4. The number of aromatic nitrogens is 4. The summed E-state index contributed by atoms with van der Waals surface area (Å²) in [5, 5.41) is 22.7. The quantitative estimate of drug-likeness (QED) is 0.333. The van der Waals surface area contributed by atoms with Crippen molar-refractivity contribution < 1.29 is 9.72 Å². The maximum atomic E-state index is 12.6. The fourth-order valence-electron chi connectivity index (χ4n) is 3.19.